The Morgan fingerprint density at radius 2 is 1.83 bits per heavy atom. The quantitative estimate of drug-likeness (QED) is 0.479. The summed E-state index contributed by atoms with van der Waals surface area (Å²) in [5.41, 5.74) is 8.99. The van der Waals surface area contributed by atoms with Crippen LogP contribution in [0.4, 0.5) is 0 Å². The number of phenols is 1. The van der Waals surface area contributed by atoms with Crippen LogP contribution in [-0.2, 0) is 0 Å². The number of phenolic OH excluding ortho intramolecular Hbond substituents is 1. The van der Waals surface area contributed by atoms with Crippen LogP contribution < -0.4 is 0 Å². The smallest absolute Gasteiger partial charge is 0.122 e. The number of aryl methyl sites for hydroxylation is 2. The average molecular weight is 387 g/mol. The first-order valence-corrected chi connectivity index (χ1v) is 10.8. The zero-order valence-electron chi connectivity index (χ0n) is 18.5. The molecule has 0 aliphatic heterocycles. The van der Waals surface area contributed by atoms with E-state index in [4.69, 9.17) is 0 Å². The fraction of sp³-hybridized carbons (Fsp3) is 0.357. The lowest BCUT2D eigenvalue weighted by Crippen LogP contribution is -2.06. The first kappa shape index (κ1) is 21.2. The molecule has 3 rings (SSSR count). The number of allylic oxidation sites excluding steroid dienone is 3. The fourth-order valence-electron chi connectivity index (χ4n) is 4.29. The second-order valence-electron chi connectivity index (χ2n) is 8.68. The van der Waals surface area contributed by atoms with E-state index in [0.717, 1.165) is 29.4 Å². The van der Waals surface area contributed by atoms with Crippen LogP contribution in [0.1, 0.15) is 78.8 Å². The maximum Gasteiger partial charge on any atom is 0.122 e. The van der Waals surface area contributed by atoms with E-state index in [0.29, 0.717) is 5.92 Å². The lowest BCUT2D eigenvalue weighted by molar-refractivity contribution is 0.474. The third kappa shape index (κ3) is 4.72. The summed E-state index contributed by atoms with van der Waals surface area (Å²) in [7, 11) is 0. The van der Waals surface area contributed by atoms with Crippen molar-refractivity contribution in [2.24, 2.45) is 5.92 Å². The molecule has 1 fully saturated rings. The SMILES string of the molecule is C=C(C=Cc1ccccc1O)C=Cc1c(C)cc(C)c(C2CC2C)c1C(C)CC. The van der Waals surface area contributed by atoms with E-state index in [2.05, 4.69) is 59.4 Å². The van der Waals surface area contributed by atoms with E-state index in [9.17, 15) is 5.11 Å². The highest BCUT2D eigenvalue weighted by Gasteiger charge is 2.37. The molecule has 0 aromatic heterocycles. The van der Waals surface area contributed by atoms with Crippen molar-refractivity contribution in [1.82, 2.24) is 0 Å². The molecular weight excluding hydrogens is 352 g/mol. The molecule has 152 valence electrons. The molecule has 1 aliphatic carbocycles. The van der Waals surface area contributed by atoms with E-state index in [1.54, 1.807) is 11.6 Å². The lowest BCUT2D eigenvalue weighted by Gasteiger charge is -2.23. The molecule has 29 heavy (non-hydrogen) atoms. The van der Waals surface area contributed by atoms with Crippen molar-refractivity contribution in [2.75, 3.05) is 0 Å². The topological polar surface area (TPSA) is 20.2 Å². The summed E-state index contributed by atoms with van der Waals surface area (Å²) in [5, 5.41) is 9.93. The number of hydrogen-bond donors (Lipinski definition) is 1. The summed E-state index contributed by atoms with van der Waals surface area (Å²) in [6.07, 6.45) is 10.7. The largest absolute Gasteiger partial charge is 0.507 e. The van der Waals surface area contributed by atoms with E-state index in [1.165, 1.54) is 28.7 Å². The lowest BCUT2D eigenvalue weighted by atomic mass is 9.82. The van der Waals surface area contributed by atoms with Crippen LogP contribution in [0.5, 0.6) is 5.75 Å². The van der Waals surface area contributed by atoms with Gasteiger partial charge in [-0.25, -0.2) is 0 Å². The van der Waals surface area contributed by atoms with Gasteiger partial charge in [-0.3, -0.25) is 0 Å². The van der Waals surface area contributed by atoms with Crippen molar-refractivity contribution in [3.8, 4) is 5.75 Å². The molecule has 1 nitrogen and oxygen atoms in total. The minimum Gasteiger partial charge on any atom is -0.507 e. The summed E-state index contributed by atoms with van der Waals surface area (Å²) in [5.74, 6) is 2.35. The van der Waals surface area contributed by atoms with Crippen molar-refractivity contribution >= 4 is 12.2 Å². The third-order valence-corrected chi connectivity index (χ3v) is 6.33. The highest BCUT2D eigenvalue weighted by Crippen LogP contribution is 2.51. The second-order valence-corrected chi connectivity index (χ2v) is 8.68. The van der Waals surface area contributed by atoms with Crippen molar-refractivity contribution in [3.63, 3.8) is 0 Å². The number of para-hydroxylation sites is 1. The van der Waals surface area contributed by atoms with Gasteiger partial charge in [0.25, 0.3) is 0 Å². The Hall–Kier alpha value is -2.54. The molecule has 3 atom stereocenters. The molecule has 0 heterocycles. The molecule has 0 radical (unpaired) electrons. The maximum absolute atomic E-state index is 9.93. The normalized spacial score (nSPS) is 19.8. The van der Waals surface area contributed by atoms with E-state index < -0.39 is 0 Å². The summed E-state index contributed by atoms with van der Waals surface area (Å²) in [4.78, 5) is 0. The van der Waals surface area contributed by atoms with Gasteiger partial charge in [-0.15, -0.1) is 0 Å². The molecule has 2 aromatic rings. The van der Waals surface area contributed by atoms with Crippen LogP contribution in [0.15, 0.2) is 54.6 Å². The van der Waals surface area contributed by atoms with E-state index >= 15 is 0 Å². The van der Waals surface area contributed by atoms with Crippen molar-refractivity contribution in [2.45, 2.75) is 59.3 Å². The first-order chi connectivity index (χ1) is 13.8. The Morgan fingerprint density at radius 3 is 2.45 bits per heavy atom. The standard InChI is InChI=1S/C28H34O/c1-7-19(3)27-24(20(4)16-22(6)28(27)25-17-21(25)5)15-13-18(2)12-14-23-10-8-9-11-26(23)29/h8-16,19,21,25,29H,2,7,17H2,1,3-6H3. The summed E-state index contributed by atoms with van der Waals surface area (Å²) < 4.78 is 0. The first-order valence-electron chi connectivity index (χ1n) is 10.8. The van der Waals surface area contributed by atoms with Crippen LogP contribution in [0, 0.1) is 19.8 Å². The molecule has 0 spiro atoms. The minimum absolute atomic E-state index is 0.289. The van der Waals surface area contributed by atoms with Gasteiger partial charge < -0.3 is 5.11 Å². The van der Waals surface area contributed by atoms with Gasteiger partial charge in [-0.1, -0.05) is 75.9 Å². The minimum atomic E-state index is 0.289. The predicted octanol–water partition coefficient (Wildman–Crippen LogP) is 7.93. The van der Waals surface area contributed by atoms with Crippen molar-refractivity contribution in [1.29, 1.82) is 0 Å². The maximum atomic E-state index is 9.93. The zero-order chi connectivity index (χ0) is 21.1. The zero-order valence-corrected chi connectivity index (χ0v) is 18.5. The summed E-state index contributed by atoms with van der Waals surface area (Å²) >= 11 is 0. The Balaban J connectivity index is 1.93. The van der Waals surface area contributed by atoms with Gasteiger partial charge in [-0.2, -0.15) is 0 Å². The molecule has 0 amide bonds. The molecule has 2 aromatic carbocycles. The van der Waals surface area contributed by atoms with Gasteiger partial charge in [0.2, 0.25) is 0 Å². The average Bonchev–Trinajstić information content (AvgIpc) is 3.41. The van der Waals surface area contributed by atoms with Crippen molar-refractivity contribution in [3.05, 3.63) is 88.0 Å². The van der Waals surface area contributed by atoms with E-state index in [-0.39, 0.29) is 5.75 Å². The van der Waals surface area contributed by atoms with Crippen molar-refractivity contribution < 1.29 is 5.11 Å². The molecule has 3 unspecified atom stereocenters. The van der Waals surface area contributed by atoms with Crippen LogP contribution in [-0.4, -0.2) is 5.11 Å². The van der Waals surface area contributed by atoms with Crippen LogP contribution in [0.25, 0.3) is 12.2 Å². The molecule has 1 heteroatoms. The number of rotatable bonds is 7. The fourth-order valence-corrected chi connectivity index (χ4v) is 4.29. The van der Waals surface area contributed by atoms with Gasteiger partial charge >= 0.3 is 0 Å². The molecular formula is C28H34O. The Morgan fingerprint density at radius 1 is 1.17 bits per heavy atom. The molecule has 1 N–H and O–H groups in total. The number of hydrogen-bond acceptors (Lipinski definition) is 1. The van der Waals surface area contributed by atoms with E-state index in [1.807, 2.05) is 30.4 Å². The molecule has 0 bridgehead atoms. The third-order valence-electron chi connectivity index (χ3n) is 6.33. The van der Waals surface area contributed by atoms with Gasteiger partial charge in [0.1, 0.15) is 5.75 Å². The van der Waals surface area contributed by atoms with Crippen LogP contribution >= 0.6 is 0 Å². The summed E-state index contributed by atoms with van der Waals surface area (Å²) in [6, 6.07) is 9.71. The highest BCUT2D eigenvalue weighted by atomic mass is 16.3. The van der Waals surface area contributed by atoms with Crippen LogP contribution in [0.2, 0.25) is 0 Å². The molecule has 1 saturated carbocycles. The van der Waals surface area contributed by atoms with Crippen LogP contribution in [0.3, 0.4) is 0 Å². The Kier molecular flexibility index (Phi) is 6.47. The summed E-state index contributed by atoms with van der Waals surface area (Å²) in [6.45, 7) is 15.7. The van der Waals surface area contributed by atoms with Gasteiger partial charge in [0, 0.05) is 5.56 Å². The second kappa shape index (κ2) is 8.86. The molecule has 0 saturated heterocycles. The van der Waals surface area contributed by atoms with Gasteiger partial charge in [0.15, 0.2) is 0 Å². The number of aromatic hydroxyl groups is 1. The molecule has 1 aliphatic rings. The predicted molar refractivity (Wildman–Crippen MR) is 126 cm³/mol. The van der Waals surface area contributed by atoms with Gasteiger partial charge in [-0.05, 0) is 83.9 Å². The Labute approximate surface area is 176 Å². The monoisotopic (exact) mass is 386 g/mol. The Bertz CT molecular complexity index is 961. The highest BCUT2D eigenvalue weighted by molar-refractivity contribution is 5.67. The van der Waals surface area contributed by atoms with Gasteiger partial charge in [0.05, 0.1) is 0 Å². The number of benzene rings is 2.